The Morgan fingerprint density at radius 3 is 1.95 bits per heavy atom. The smallest absolute Gasteiger partial charge is 0.432 e. The van der Waals surface area contributed by atoms with Gasteiger partial charge in [-0.1, -0.05) is 0 Å². The zero-order chi connectivity index (χ0) is 15.4. The fraction of sp³-hybridized carbons (Fsp3) is 0.714. The predicted molar refractivity (Wildman–Crippen MR) is 45.2 cm³/mol. The molecule has 0 aliphatic heterocycles. The number of aliphatic hydroxyl groups excluding tert-OH is 1. The first-order valence-corrected chi connectivity index (χ1v) is 4.43. The van der Waals surface area contributed by atoms with E-state index in [-0.39, 0.29) is 0 Å². The zero-order valence-corrected chi connectivity index (χ0v) is 8.88. The summed E-state index contributed by atoms with van der Waals surface area (Å²) in [5.41, 5.74) is 4.79. The summed E-state index contributed by atoms with van der Waals surface area (Å²) in [6.07, 6.45) is -15.7. The molecule has 0 saturated heterocycles. The fourth-order valence-corrected chi connectivity index (χ4v) is 0.721. The van der Waals surface area contributed by atoms with Crippen LogP contribution in [0.1, 0.15) is 0 Å². The number of hydrogen-bond donors (Lipinski definition) is 3. The Balaban J connectivity index is 4.85. The minimum absolute atomic E-state index is 0.853. The van der Waals surface area contributed by atoms with E-state index in [2.05, 4.69) is 4.74 Å². The maximum Gasteiger partial charge on any atom is 0.491 e. The molecule has 0 aromatic carbocycles. The molecule has 0 aliphatic carbocycles. The van der Waals surface area contributed by atoms with Crippen molar-refractivity contribution in [1.29, 1.82) is 0 Å². The molecule has 0 aromatic heterocycles. The Bertz CT molecular complexity index is 313. The van der Waals surface area contributed by atoms with Crippen LogP contribution in [0, 0.1) is 0 Å². The van der Waals surface area contributed by atoms with Gasteiger partial charge in [-0.2, -0.15) is 26.3 Å². The molecule has 0 rings (SSSR count). The van der Waals surface area contributed by atoms with Gasteiger partial charge in [0.25, 0.3) is 0 Å². The molecule has 0 spiro atoms. The van der Waals surface area contributed by atoms with Gasteiger partial charge < -0.3 is 20.9 Å². The van der Waals surface area contributed by atoms with Crippen LogP contribution >= 0.6 is 0 Å². The van der Waals surface area contributed by atoms with Crippen molar-refractivity contribution in [2.24, 2.45) is 5.73 Å². The SMILES string of the molecule is NCC(O)C(NC(=O)C(F)(F)F)OC(=O)C(F)(F)F. The quantitative estimate of drug-likeness (QED) is 0.366. The lowest BCUT2D eigenvalue weighted by Gasteiger charge is -2.23. The van der Waals surface area contributed by atoms with Gasteiger partial charge in [-0.3, -0.25) is 4.79 Å². The molecule has 112 valence electrons. The van der Waals surface area contributed by atoms with Crippen molar-refractivity contribution in [2.45, 2.75) is 24.7 Å². The minimum Gasteiger partial charge on any atom is -0.432 e. The zero-order valence-electron chi connectivity index (χ0n) is 8.88. The second kappa shape index (κ2) is 6.06. The number of nitrogens with one attached hydrogen (secondary N) is 1. The van der Waals surface area contributed by atoms with E-state index in [9.17, 15) is 35.9 Å². The van der Waals surface area contributed by atoms with Crippen LogP contribution < -0.4 is 11.1 Å². The van der Waals surface area contributed by atoms with Crippen molar-refractivity contribution in [3.8, 4) is 0 Å². The lowest BCUT2D eigenvalue weighted by Crippen LogP contribution is -2.53. The number of aliphatic hydroxyl groups is 1. The van der Waals surface area contributed by atoms with Crippen molar-refractivity contribution < 1.29 is 45.8 Å². The van der Waals surface area contributed by atoms with E-state index in [1.165, 1.54) is 0 Å². The topological polar surface area (TPSA) is 102 Å². The maximum atomic E-state index is 11.9. The summed E-state index contributed by atoms with van der Waals surface area (Å²) in [4.78, 5) is 20.9. The van der Waals surface area contributed by atoms with E-state index in [0.717, 1.165) is 5.32 Å². The standard InChI is InChI=1S/C7H8F6N2O4/c8-6(9,10)4(17)15-3(2(16)1-14)19-5(18)7(11,12)13/h2-3,16H,1,14H2,(H,15,17). The van der Waals surface area contributed by atoms with Gasteiger partial charge in [-0.15, -0.1) is 0 Å². The summed E-state index contributed by atoms with van der Waals surface area (Å²) < 4.78 is 74.6. The van der Waals surface area contributed by atoms with E-state index in [4.69, 9.17) is 10.8 Å². The van der Waals surface area contributed by atoms with Crippen molar-refractivity contribution >= 4 is 11.9 Å². The molecule has 12 heteroatoms. The first-order valence-electron chi connectivity index (χ1n) is 4.43. The molecule has 19 heavy (non-hydrogen) atoms. The molecular formula is C7H8F6N2O4. The minimum atomic E-state index is -5.50. The molecule has 4 N–H and O–H groups in total. The van der Waals surface area contributed by atoms with Crippen LogP contribution in [0.25, 0.3) is 0 Å². The average Bonchev–Trinajstić information content (AvgIpc) is 2.24. The first kappa shape index (κ1) is 17.4. The van der Waals surface area contributed by atoms with E-state index in [0.29, 0.717) is 0 Å². The van der Waals surface area contributed by atoms with Gasteiger partial charge in [0.2, 0.25) is 6.23 Å². The van der Waals surface area contributed by atoms with Crippen LogP contribution in [0.3, 0.4) is 0 Å². The van der Waals surface area contributed by atoms with Crippen LogP contribution in [-0.2, 0) is 14.3 Å². The number of alkyl halides is 6. The molecule has 6 nitrogen and oxygen atoms in total. The van der Waals surface area contributed by atoms with Crippen molar-refractivity contribution in [2.75, 3.05) is 6.54 Å². The Morgan fingerprint density at radius 1 is 1.16 bits per heavy atom. The average molecular weight is 298 g/mol. The molecule has 1 amide bonds. The predicted octanol–water partition coefficient (Wildman–Crippen LogP) is -0.584. The highest BCUT2D eigenvalue weighted by atomic mass is 19.4. The third kappa shape index (κ3) is 5.74. The van der Waals surface area contributed by atoms with Gasteiger partial charge >= 0.3 is 24.2 Å². The van der Waals surface area contributed by atoms with Gasteiger partial charge in [0.15, 0.2) is 0 Å². The van der Waals surface area contributed by atoms with E-state index in [1.807, 2.05) is 0 Å². The van der Waals surface area contributed by atoms with Gasteiger partial charge in [0.05, 0.1) is 0 Å². The molecule has 2 atom stereocenters. The van der Waals surface area contributed by atoms with Crippen LogP contribution in [0.15, 0.2) is 0 Å². The highest BCUT2D eigenvalue weighted by Crippen LogP contribution is 2.19. The second-order valence-electron chi connectivity index (χ2n) is 3.10. The van der Waals surface area contributed by atoms with Gasteiger partial charge in [-0.25, -0.2) is 4.79 Å². The number of nitrogens with two attached hydrogens (primary N) is 1. The highest BCUT2D eigenvalue weighted by molar-refractivity contribution is 5.82. The Morgan fingerprint density at radius 2 is 1.63 bits per heavy atom. The Hall–Kier alpha value is -1.56. The van der Waals surface area contributed by atoms with Gasteiger partial charge in [0.1, 0.15) is 6.10 Å². The summed E-state index contributed by atoms with van der Waals surface area (Å²) in [5.74, 6) is -5.58. The van der Waals surface area contributed by atoms with Crippen LogP contribution in [0.4, 0.5) is 26.3 Å². The summed E-state index contributed by atoms with van der Waals surface area (Å²) in [6.45, 7) is -0.853. The molecule has 0 radical (unpaired) electrons. The summed E-state index contributed by atoms with van der Waals surface area (Å²) in [6, 6.07) is 0. The Kier molecular flexibility index (Phi) is 5.56. The first-order chi connectivity index (χ1) is 8.39. The third-order valence-electron chi connectivity index (χ3n) is 1.59. The van der Waals surface area contributed by atoms with E-state index < -0.39 is 43.1 Å². The highest BCUT2D eigenvalue weighted by Gasteiger charge is 2.46. The lowest BCUT2D eigenvalue weighted by molar-refractivity contribution is -0.213. The Labute approximate surface area is 101 Å². The molecule has 0 heterocycles. The normalized spacial score (nSPS) is 15.6. The number of amides is 1. The number of carbonyl (C=O) groups excluding carboxylic acids is 2. The number of ether oxygens (including phenoxy) is 1. The molecule has 0 aliphatic rings. The van der Waals surface area contributed by atoms with Crippen molar-refractivity contribution in [3.05, 3.63) is 0 Å². The molecular weight excluding hydrogens is 290 g/mol. The number of halogens is 6. The largest absolute Gasteiger partial charge is 0.491 e. The van der Waals surface area contributed by atoms with Crippen molar-refractivity contribution in [1.82, 2.24) is 5.32 Å². The van der Waals surface area contributed by atoms with Crippen LogP contribution in [0.5, 0.6) is 0 Å². The maximum absolute atomic E-state index is 11.9. The lowest BCUT2D eigenvalue weighted by atomic mass is 10.3. The number of esters is 1. The number of hydrogen-bond acceptors (Lipinski definition) is 5. The van der Waals surface area contributed by atoms with Crippen LogP contribution in [0.2, 0.25) is 0 Å². The van der Waals surface area contributed by atoms with E-state index >= 15 is 0 Å². The monoisotopic (exact) mass is 298 g/mol. The summed E-state index contributed by atoms with van der Waals surface area (Å²) in [7, 11) is 0. The number of rotatable bonds is 4. The third-order valence-corrected chi connectivity index (χ3v) is 1.59. The fourth-order valence-electron chi connectivity index (χ4n) is 0.721. The molecule has 0 fully saturated rings. The van der Waals surface area contributed by atoms with E-state index in [1.54, 1.807) is 0 Å². The molecule has 0 saturated carbocycles. The molecule has 0 bridgehead atoms. The molecule has 0 aromatic rings. The summed E-state index contributed by atoms with van der Waals surface area (Å²) in [5, 5.41) is 9.87. The van der Waals surface area contributed by atoms with Gasteiger partial charge in [-0.05, 0) is 0 Å². The summed E-state index contributed by atoms with van der Waals surface area (Å²) >= 11 is 0. The second-order valence-corrected chi connectivity index (χ2v) is 3.10. The van der Waals surface area contributed by atoms with Crippen molar-refractivity contribution in [3.63, 3.8) is 0 Å². The molecule has 2 unspecified atom stereocenters. The number of carbonyl (C=O) groups is 2. The van der Waals surface area contributed by atoms with Gasteiger partial charge in [0, 0.05) is 6.54 Å². The van der Waals surface area contributed by atoms with Crippen LogP contribution in [-0.4, -0.2) is 48.2 Å².